The SMILES string of the molecule is C/C(=C\CCC(C)O)C(=O)O. The zero-order valence-electron chi connectivity index (χ0n) is 6.87. The predicted octanol–water partition coefficient (Wildman–Crippen LogP) is 1.18. The second kappa shape index (κ2) is 4.91. The molecule has 11 heavy (non-hydrogen) atoms. The number of allylic oxidation sites excluding steroid dienone is 1. The molecule has 0 saturated carbocycles. The third-order valence-electron chi connectivity index (χ3n) is 1.37. The maximum atomic E-state index is 10.2. The van der Waals surface area contributed by atoms with Crippen molar-refractivity contribution < 1.29 is 15.0 Å². The molecule has 0 heterocycles. The zero-order valence-corrected chi connectivity index (χ0v) is 6.87. The topological polar surface area (TPSA) is 57.5 Å². The summed E-state index contributed by atoms with van der Waals surface area (Å²) in [5, 5.41) is 17.2. The molecule has 0 aromatic heterocycles. The van der Waals surface area contributed by atoms with Gasteiger partial charge in [0.15, 0.2) is 0 Å². The molecule has 0 fully saturated rings. The molecule has 0 saturated heterocycles. The van der Waals surface area contributed by atoms with E-state index in [0.717, 1.165) is 0 Å². The Hall–Kier alpha value is -0.830. The summed E-state index contributed by atoms with van der Waals surface area (Å²) in [5.41, 5.74) is 0.339. The third kappa shape index (κ3) is 5.61. The van der Waals surface area contributed by atoms with Crippen molar-refractivity contribution in [1.82, 2.24) is 0 Å². The van der Waals surface area contributed by atoms with Crippen LogP contribution in [0.5, 0.6) is 0 Å². The molecule has 0 aromatic carbocycles. The first-order valence-electron chi connectivity index (χ1n) is 3.62. The number of rotatable bonds is 4. The lowest BCUT2D eigenvalue weighted by Crippen LogP contribution is -1.99. The van der Waals surface area contributed by atoms with E-state index in [0.29, 0.717) is 18.4 Å². The van der Waals surface area contributed by atoms with Gasteiger partial charge in [0.2, 0.25) is 0 Å². The van der Waals surface area contributed by atoms with Crippen molar-refractivity contribution in [3.63, 3.8) is 0 Å². The summed E-state index contributed by atoms with van der Waals surface area (Å²) in [6.07, 6.45) is 2.50. The molecule has 0 aromatic rings. The first kappa shape index (κ1) is 10.2. The van der Waals surface area contributed by atoms with Crippen LogP contribution in [0.25, 0.3) is 0 Å². The summed E-state index contributed by atoms with van der Waals surface area (Å²) < 4.78 is 0. The Kier molecular flexibility index (Phi) is 4.54. The average molecular weight is 158 g/mol. The third-order valence-corrected chi connectivity index (χ3v) is 1.37. The molecule has 0 rings (SSSR count). The summed E-state index contributed by atoms with van der Waals surface area (Å²) in [4.78, 5) is 10.2. The summed E-state index contributed by atoms with van der Waals surface area (Å²) >= 11 is 0. The molecular formula is C8H14O3. The second-order valence-corrected chi connectivity index (χ2v) is 2.62. The fraction of sp³-hybridized carbons (Fsp3) is 0.625. The molecule has 0 aliphatic rings. The zero-order chi connectivity index (χ0) is 8.85. The van der Waals surface area contributed by atoms with Gasteiger partial charge in [-0.25, -0.2) is 4.79 Å². The Bertz CT molecular complexity index is 159. The number of carbonyl (C=O) groups is 1. The lowest BCUT2D eigenvalue weighted by Gasteiger charge is -1.99. The molecular weight excluding hydrogens is 144 g/mol. The molecule has 3 nitrogen and oxygen atoms in total. The summed E-state index contributed by atoms with van der Waals surface area (Å²) in [6, 6.07) is 0. The van der Waals surface area contributed by atoms with Crippen molar-refractivity contribution in [3.8, 4) is 0 Å². The maximum absolute atomic E-state index is 10.2. The molecule has 0 bridgehead atoms. The Balaban J connectivity index is 3.65. The molecule has 0 aliphatic carbocycles. The minimum absolute atomic E-state index is 0.339. The van der Waals surface area contributed by atoms with Crippen molar-refractivity contribution in [2.24, 2.45) is 0 Å². The van der Waals surface area contributed by atoms with Crippen LogP contribution >= 0.6 is 0 Å². The van der Waals surface area contributed by atoms with Gasteiger partial charge in [-0.05, 0) is 26.7 Å². The van der Waals surface area contributed by atoms with E-state index < -0.39 is 5.97 Å². The largest absolute Gasteiger partial charge is 0.478 e. The van der Waals surface area contributed by atoms with Gasteiger partial charge >= 0.3 is 5.97 Å². The van der Waals surface area contributed by atoms with E-state index in [4.69, 9.17) is 10.2 Å². The van der Waals surface area contributed by atoms with Gasteiger partial charge in [-0.3, -0.25) is 0 Å². The molecule has 1 atom stereocenters. The van der Waals surface area contributed by atoms with E-state index in [-0.39, 0.29) is 6.10 Å². The molecule has 64 valence electrons. The Morgan fingerprint density at radius 2 is 2.18 bits per heavy atom. The minimum Gasteiger partial charge on any atom is -0.478 e. The highest BCUT2D eigenvalue weighted by molar-refractivity contribution is 5.85. The summed E-state index contributed by atoms with van der Waals surface area (Å²) in [7, 11) is 0. The highest BCUT2D eigenvalue weighted by Crippen LogP contribution is 2.01. The maximum Gasteiger partial charge on any atom is 0.330 e. The quantitative estimate of drug-likeness (QED) is 0.604. The van der Waals surface area contributed by atoms with Crippen LogP contribution in [0.1, 0.15) is 26.7 Å². The van der Waals surface area contributed by atoms with Crippen LogP contribution in [-0.4, -0.2) is 22.3 Å². The first-order valence-corrected chi connectivity index (χ1v) is 3.62. The molecule has 1 unspecified atom stereocenters. The van der Waals surface area contributed by atoms with Crippen molar-refractivity contribution >= 4 is 5.97 Å². The van der Waals surface area contributed by atoms with E-state index in [9.17, 15) is 4.79 Å². The van der Waals surface area contributed by atoms with Gasteiger partial charge in [0.25, 0.3) is 0 Å². The summed E-state index contributed by atoms with van der Waals surface area (Å²) in [5.74, 6) is -0.893. The summed E-state index contributed by atoms with van der Waals surface area (Å²) in [6.45, 7) is 3.23. The van der Waals surface area contributed by atoms with Gasteiger partial charge in [-0.15, -0.1) is 0 Å². The second-order valence-electron chi connectivity index (χ2n) is 2.62. The average Bonchev–Trinajstić information content (AvgIpc) is 1.86. The van der Waals surface area contributed by atoms with Gasteiger partial charge in [0.1, 0.15) is 0 Å². The van der Waals surface area contributed by atoms with E-state index in [1.54, 1.807) is 19.9 Å². The van der Waals surface area contributed by atoms with Crippen LogP contribution in [0.15, 0.2) is 11.6 Å². The standard InChI is InChI=1S/C8H14O3/c1-6(8(10)11)4-3-5-7(2)9/h4,7,9H,3,5H2,1-2H3,(H,10,11)/b6-4+. The molecule has 0 spiro atoms. The normalized spacial score (nSPS) is 14.6. The van der Waals surface area contributed by atoms with Crippen molar-refractivity contribution in [2.45, 2.75) is 32.8 Å². The van der Waals surface area contributed by atoms with Crippen molar-refractivity contribution in [2.75, 3.05) is 0 Å². The Morgan fingerprint density at radius 3 is 2.55 bits per heavy atom. The van der Waals surface area contributed by atoms with Gasteiger partial charge < -0.3 is 10.2 Å². The number of aliphatic carboxylic acids is 1. The minimum atomic E-state index is -0.893. The number of carboxylic acids is 1. The monoisotopic (exact) mass is 158 g/mol. The van der Waals surface area contributed by atoms with Crippen LogP contribution in [0.4, 0.5) is 0 Å². The number of aliphatic hydroxyl groups is 1. The van der Waals surface area contributed by atoms with Crippen LogP contribution in [-0.2, 0) is 4.79 Å². The van der Waals surface area contributed by atoms with E-state index in [1.807, 2.05) is 0 Å². The van der Waals surface area contributed by atoms with Crippen LogP contribution in [0.3, 0.4) is 0 Å². The molecule has 0 aliphatic heterocycles. The highest BCUT2D eigenvalue weighted by Gasteiger charge is 1.98. The number of hydrogen-bond acceptors (Lipinski definition) is 2. The lowest BCUT2D eigenvalue weighted by molar-refractivity contribution is -0.132. The molecule has 0 radical (unpaired) electrons. The number of carboxylic acid groups (broad SMARTS) is 1. The number of hydrogen-bond donors (Lipinski definition) is 2. The molecule has 3 heteroatoms. The fourth-order valence-electron chi connectivity index (χ4n) is 0.628. The van der Waals surface area contributed by atoms with Crippen molar-refractivity contribution in [3.05, 3.63) is 11.6 Å². The smallest absolute Gasteiger partial charge is 0.330 e. The Labute approximate surface area is 66.4 Å². The highest BCUT2D eigenvalue weighted by atomic mass is 16.4. The van der Waals surface area contributed by atoms with Gasteiger partial charge in [0, 0.05) is 5.57 Å². The van der Waals surface area contributed by atoms with E-state index in [1.165, 1.54) is 0 Å². The predicted molar refractivity (Wildman–Crippen MR) is 42.3 cm³/mol. The van der Waals surface area contributed by atoms with Crippen LogP contribution < -0.4 is 0 Å². The van der Waals surface area contributed by atoms with Crippen LogP contribution in [0, 0.1) is 0 Å². The fourth-order valence-corrected chi connectivity index (χ4v) is 0.628. The van der Waals surface area contributed by atoms with E-state index >= 15 is 0 Å². The van der Waals surface area contributed by atoms with Gasteiger partial charge in [0.05, 0.1) is 6.10 Å². The molecule has 2 N–H and O–H groups in total. The van der Waals surface area contributed by atoms with Crippen molar-refractivity contribution in [1.29, 1.82) is 0 Å². The first-order chi connectivity index (χ1) is 5.04. The van der Waals surface area contributed by atoms with Gasteiger partial charge in [-0.2, -0.15) is 0 Å². The molecule has 0 amide bonds. The lowest BCUT2D eigenvalue weighted by atomic mass is 10.1. The Morgan fingerprint density at radius 1 is 1.64 bits per heavy atom. The van der Waals surface area contributed by atoms with E-state index in [2.05, 4.69) is 0 Å². The van der Waals surface area contributed by atoms with Gasteiger partial charge in [-0.1, -0.05) is 6.08 Å². The number of aliphatic hydroxyl groups excluding tert-OH is 1. The van der Waals surface area contributed by atoms with Crippen LogP contribution in [0.2, 0.25) is 0 Å².